The van der Waals surface area contributed by atoms with E-state index in [1.165, 1.54) is 19.3 Å². The molecule has 0 saturated carbocycles. The predicted octanol–water partition coefficient (Wildman–Crippen LogP) is 2.91. The predicted molar refractivity (Wildman–Crippen MR) is 66.1 cm³/mol. The number of nitrogens with zero attached hydrogens (tertiary/aromatic N) is 1. The summed E-state index contributed by atoms with van der Waals surface area (Å²) in [4.78, 5) is 14.2. The highest BCUT2D eigenvalue weighted by Gasteiger charge is 2.23. The summed E-state index contributed by atoms with van der Waals surface area (Å²) in [6.07, 6.45) is 11.9. The Bertz CT molecular complexity index is 309. The maximum absolute atomic E-state index is 12.2. The lowest BCUT2D eigenvalue weighted by atomic mass is 9.94. The Morgan fingerprint density at radius 2 is 2.12 bits per heavy atom. The maximum atomic E-state index is 12.2. The molecule has 2 heteroatoms. The summed E-state index contributed by atoms with van der Waals surface area (Å²) in [6.45, 7) is 4.14. The SMILES string of the molecule is CCC1CCN(C(=O)C2=CCCC=C2)CC1. The summed E-state index contributed by atoms with van der Waals surface area (Å²) in [7, 11) is 0. The molecular weight excluding hydrogens is 198 g/mol. The third kappa shape index (κ3) is 2.55. The van der Waals surface area contributed by atoms with Gasteiger partial charge in [-0.3, -0.25) is 4.79 Å². The fourth-order valence-electron chi connectivity index (χ4n) is 2.50. The van der Waals surface area contributed by atoms with Gasteiger partial charge in [0.05, 0.1) is 0 Å². The summed E-state index contributed by atoms with van der Waals surface area (Å²) in [5, 5.41) is 0. The van der Waals surface area contributed by atoms with Gasteiger partial charge in [0, 0.05) is 18.7 Å². The number of likely N-dealkylation sites (tertiary alicyclic amines) is 1. The van der Waals surface area contributed by atoms with Gasteiger partial charge in [-0.05, 0) is 31.6 Å². The van der Waals surface area contributed by atoms with Gasteiger partial charge in [-0.2, -0.15) is 0 Å². The molecule has 1 heterocycles. The van der Waals surface area contributed by atoms with Gasteiger partial charge in [0.1, 0.15) is 0 Å². The highest BCUT2D eigenvalue weighted by Crippen LogP contribution is 2.22. The first-order valence-corrected chi connectivity index (χ1v) is 6.47. The summed E-state index contributed by atoms with van der Waals surface area (Å²) in [6, 6.07) is 0. The quantitative estimate of drug-likeness (QED) is 0.699. The number of rotatable bonds is 2. The smallest absolute Gasteiger partial charge is 0.253 e. The van der Waals surface area contributed by atoms with E-state index < -0.39 is 0 Å². The minimum absolute atomic E-state index is 0.241. The van der Waals surface area contributed by atoms with Crippen molar-refractivity contribution in [2.75, 3.05) is 13.1 Å². The lowest BCUT2D eigenvalue weighted by Gasteiger charge is -2.32. The highest BCUT2D eigenvalue weighted by molar-refractivity contribution is 5.96. The summed E-state index contributed by atoms with van der Waals surface area (Å²) < 4.78 is 0. The van der Waals surface area contributed by atoms with E-state index in [2.05, 4.69) is 19.1 Å². The van der Waals surface area contributed by atoms with Gasteiger partial charge < -0.3 is 4.90 Å². The van der Waals surface area contributed by atoms with Crippen LogP contribution in [0.3, 0.4) is 0 Å². The second-order valence-corrected chi connectivity index (χ2v) is 4.78. The van der Waals surface area contributed by atoms with E-state index in [9.17, 15) is 4.79 Å². The minimum Gasteiger partial charge on any atom is -0.339 e. The third-order valence-corrected chi connectivity index (χ3v) is 3.72. The average Bonchev–Trinajstić information content (AvgIpc) is 2.39. The van der Waals surface area contributed by atoms with Gasteiger partial charge in [0.15, 0.2) is 0 Å². The third-order valence-electron chi connectivity index (χ3n) is 3.72. The number of allylic oxidation sites excluding steroid dienone is 2. The zero-order chi connectivity index (χ0) is 11.4. The van der Waals surface area contributed by atoms with E-state index in [0.29, 0.717) is 0 Å². The Labute approximate surface area is 98.0 Å². The van der Waals surface area contributed by atoms with Gasteiger partial charge in [-0.15, -0.1) is 0 Å². The number of piperidine rings is 1. The molecule has 88 valence electrons. The average molecular weight is 219 g/mol. The first-order valence-electron chi connectivity index (χ1n) is 6.47. The molecule has 1 aliphatic heterocycles. The summed E-state index contributed by atoms with van der Waals surface area (Å²) in [5.74, 6) is 1.07. The molecule has 0 aromatic carbocycles. The molecule has 0 atom stereocenters. The molecule has 0 radical (unpaired) electrons. The number of carbonyl (C=O) groups excluding carboxylic acids is 1. The number of hydrogen-bond acceptors (Lipinski definition) is 1. The fourth-order valence-corrected chi connectivity index (χ4v) is 2.50. The van der Waals surface area contributed by atoms with Crippen LogP contribution < -0.4 is 0 Å². The first-order chi connectivity index (χ1) is 7.81. The van der Waals surface area contributed by atoms with Crippen molar-refractivity contribution in [1.29, 1.82) is 0 Å². The zero-order valence-electron chi connectivity index (χ0n) is 10.1. The second kappa shape index (κ2) is 5.33. The van der Waals surface area contributed by atoms with Crippen LogP contribution >= 0.6 is 0 Å². The van der Waals surface area contributed by atoms with Gasteiger partial charge >= 0.3 is 0 Å². The molecule has 1 amide bonds. The van der Waals surface area contributed by atoms with Crippen molar-refractivity contribution in [3.63, 3.8) is 0 Å². The molecule has 0 spiro atoms. The van der Waals surface area contributed by atoms with Crippen molar-refractivity contribution in [3.05, 3.63) is 23.8 Å². The minimum atomic E-state index is 0.241. The zero-order valence-corrected chi connectivity index (χ0v) is 10.1. The Kier molecular flexibility index (Phi) is 3.81. The van der Waals surface area contributed by atoms with Crippen LogP contribution in [-0.2, 0) is 4.79 Å². The number of hydrogen-bond donors (Lipinski definition) is 0. The highest BCUT2D eigenvalue weighted by atomic mass is 16.2. The molecule has 0 aromatic rings. The van der Waals surface area contributed by atoms with Crippen LogP contribution in [0.25, 0.3) is 0 Å². The van der Waals surface area contributed by atoms with Gasteiger partial charge in [-0.25, -0.2) is 0 Å². The molecule has 16 heavy (non-hydrogen) atoms. The van der Waals surface area contributed by atoms with Crippen LogP contribution in [-0.4, -0.2) is 23.9 Å². The van der Waals surface area contributed by atoms with Crippen molar-refractivity contribution in [2.45, 2.75) is 39.0 Å². The van der Waals surface area contributed by atoms with Gasteiger partial charge in [0.2, 0.25) is 0 Å². The molecule has 0 aromatic heterocycles. The normalized spacial score (nSPS) is 22.1. The van der Waals surface area contributed by atoms with E-state index in [1.54, 1.807) is 0 Å². The Morgan fingerprint density at radius 3 is 2.69 bits per heavy atom. The first kappa shape index (κ1) is 11.4. The van der Waals surface area contributed by atoms with Crippen LogP contribution in [0.1, 0.15) is 39.0 Å². The molecule has 1 fully saturated rings. The van der Waals surface area contributed by atoms with Crippen LogP contribution in [0.2, 0.25) is 0 Å². The largest absolute Gasteiger partial charge is 0.339 e. The van der Waals surface area contributed by atoms with Crippen LogP contribution in [0.4, 0.5) is 0 Å². The molecule has 1 saturated heterocycles. The molecule has 2 rings (SSSR count). The number of carbonyl (C=O) groups is 1. The van der Waals surface area contributed by atoms with Crippen molar-refractivity contribution in [2.24, 2.45) is 5.92 Å². The Morgan fingerprint density at radius 1 is 1.38 bits per heavy atom. The lowest BCUT2D eigenvalue weighted by Crippen LogP contribution is -2.39. The van der Waals surface area contributed by atoms with E-state index in [0.717, 1.165) is 37.4 Å². The van der Waals surface area contributed by atoms with Crippen LogP contribution in [0.5, 0.6) is 0 Å². The molecule has 2 nitrogen and oxygen atoms in total. The van der Waals surface area contributed by atoms with Crippen LogP contribution in [0, 0.1) is 5.92 Å². The van der Waals surface area contributed by atoms with Crippen molar-refractivity contribution in [3.8, 4) is 0 Å². The van der Waals surface area contributed by atoms with Crippen molar-refractivity contribution in [1.82, 2.24) is 4.90 Å². The van der Waals surface area contributed by atoms with Crippen molar-refractivity contribution < 1.29 is 4.79 Å². The van der Waals surface area contributed by atoms with Crippen LogP contribution in [0.15, 0.2) is 23.8 Å². The monoisotopic (exact) mass is 219 g/mol. The summed E-state index contributed by atoms with van der Waals surface area (Å²) >= 11 is 0. The topological polar surface area (TPSA) is 20.3 Å². The van der Waals surface area contributed by atoms with Crippen molar-refractivity contribution >= 4 is 5.91 Å². The van der Waals surface area contributed by atoms with E-state index >= 15 is 0 Å². The number of amides is 1. The standard InChI is InChI=1S/C14H21NO/c1-2-12-8-10-15(11-9-12)14(16)13-6-4-3-5-7-13/h4,6-7,12H,2-3,5,8-11H2,1H3. The van der Waals surface area contributed by atoms with Gasteiger partial charge in [-0.1, -0.05) is 31.6 Å². The van der Waals surface area contributed by atoms with Gasteiger partial charge in [0.25, 0.3) is 5.91 Å². The Hall–Kier alpha value is -1.05. The summed E-state index contributed by atoms with van der Waals surface area (Å²) in [5.41, 5.74) is 0.904. The Balaban J connectivity index is 1.91. The molecule has 0 bridgehead atoms. The van der Waals surface area contributed by atoms with E-state index in [-0.39, 0.29) is 5.91 Å². The molecule has 0 unspecified atom stereocenters. The lowest BCUT2D eigenvalue weighted by molar-refractivity contribution is -0.128. The molecule has 2 aliphatic rings. The molecule has 1 aliphatic carbocycles. The fraction of sp³-hybridized carbons (Fsp3) is 0.643. The second-order valence-electron chi connectivity index (χ2n) is 4.78. The van der Waals surface area contributed by atoms with E-state index in [4.69, 9.17) is 0 Å². The molecule has 0 N–H and O–H groups in total. The maximum Gasteiger partial charge on any atom is 0.253 e. The molecular formula is C14H21NO. The van der Waals surface area contributed by atoms with E-state index in [1.807, 2.05) is 11.0 Å².